The first-order valence-electron chi connectivity index (χ1n) is 10.9. The average molecular weight is 537 g/mol. The van der Waals surface area contributed by atoms with Gasteiger partial charge in [-0.3, -0.25) is 9.36 Å². The molecule has 1 amide bonds. The molecule has 1 saturated heterocycles. The van der Waals surface area contributed by atoms with Crippen molar-refractivity contribution in [1.82, 2.24) is 14.5 Å². The van der Waals surface area contributed by atoms with E-state index in [1.54, 1.807) is 15.5 Å². The molecule has 1 aromatic heterocycles. The summed E-state index contributed by atoms with van der Waals surface area (Å²) in [5.74, 6) is -0.779. The lowest BCUT2D eigenvalue weighted by Gasteiger charge is -2.40. The Morgan fingerprint density at radius 3 is 2.66 bits per heavy atom. The number of carbonyl (C=O) groups is 1. The Hall–Kier alpha value is -2.62. The SMILES string of the molecule is C=CC(=O)N1CCN(c2nc(=O)n3c4c(c(-c5cc(Cl)c(F)cc5F)c(Cl)cc24)SCC3)[C@@H](C)C1. The molecule has 2 aliphatic heterocycles. The summed E-state index contributed by atoms with van der Waals surface area (Å²) in [7, 11) is 0. The van der Waals surface area contributed by atoms with Crippen molar-refractivity contribution < 1.29 is 13.6 Å². The van der Waals surface area contributed by atoms with Gasteiger partial charge in [-0.15, -0.1) is 11.8 Å². The summed E-state index contributed by atoms with van der Waals surface area (Å²) < 4.78 is 30.3. The van der Waals surface area contributed by atoms with Crippen molar-refractivity contribution >= 4 is 57.6 Å². The number of hydrogen-bond donors (Lipinski definition) is 0. The summed E-state index contributed by atoms with van der Waals surface area (Å²) in [6, 6.07) is 3.50. The third-order valence-corrected chi connectivity index (χ3v) is 8.04. The van der Waals surface area contributed by atoms with Crippen LogP contribution in [0.2, 0.25) is 10.0 Å². The third-order valence-electron chi connectivity index (χ3n) is 6.38. The number of nitrogens with zero attached hydrogens (tertiary/aromatic N) is 4. The maximum atomic E-state index is 14.9. The number of benzene rings is 2. The number of amides is 1. The van der Waals surface area contributed by atoms with Crippen LogP contribution in [0.5, 0.6) is 0 Å². The van der Waals surface area contributed by atoms with Gasteiger partial charge in [0.15, 0.2) is 0 Å². The van der Waals surface area contributed by atoms with Crippen LogP contribution in [0.25, 0.3) is 22.0 Å². The summed E-state index contributed by atoms with van der Waals surface area (Å²) in [5, 5.41) is 0.675. The molecule has 1 atom stereocenters. The van der Waals surface area contributed by atoms with Gasteiger partial charge in [0.1, 0.15) is 17.5 Å². The van der Waals surface area contributed by atoms with E-state index >= 15 is 0 Å². The number of aryl methyl sites for hydroxylation is 1. The number of piperazine rings is 1. The number of hydrogen-bond acceptors (Lipinski definition) is 5. The molecule has 1 fully saturated rings. The fourth-order valence-corrected chi connectivity index (χ4v) is 6.46. The van der Waals surface area contributed by atoms with Crippen molar-refractivity contribution in [3.05, 3.63) is 63.0 Å². The van der Waals surface area contributed by atoms with Crippen molar-refractivity contribution in [2.24, 2.45) is 0 Å². The van der Waals surface area contributed by atoms with Crippen molar-refractivity contribution in [1.29, 1.82) is 0 Å². The first-order chi connectivity index (χ1) is 16.7. The minimum atomic E-state index is -0.863. The smallest absolute Gasteiger partial charge is 0.350 e. The highest BCUT2D eigenvalue weighted by Gasteiger charge is 2.31. The molecular weight excluding hydrogens is 517 g/mol. The Labute approximate surface area is 214 Å². The largest absolute Gasteiger partial charge is 0.350 e. The second-order valence-corrected chi connectivity index (χ2v) is 10.4. The van der Waals surface area contributed by atoms with Crippen molar-refractivity contribution in [3.8, 4) is 11.1 Å². The molecule has 0 N–H and O–H groups in total. The highest BCUT2D eigenvalue weighted by molar-refractivity contribution is 7.99. The molecule has 2 aliphatic rings. The predicted molar refractivity (Wildman–Crippen MR) is 136 cm³/mol. The van der Waals surface area contributed by atoms with Gasteiger partial charge in [-0.2, -0.15) is 4.98 Å². The van der Waals surface area contributed by atoms with E-state index in [4.69, 9.17) is 23.2 Å². The van der Waals surface area contributed by atoms with Crippen LogP contribution >= 0.6 is 35.0 Å². The molecule has 3 heterocycles. The Balaban J connectivity index is 1.72. The van der Waals surface area contributed by atoms with Crippen LogP contribution in [-0.4, -0.2) is 51.8 Å². The van der Waals surface area contributed by atoms with Crippen LogP contribution in [0.1, 0.15) is 6.92 Å². The second-order valence-electron chi connectivity index (χ2n) is 8.45. The van der Waals surface area contributed by atoms with Gasteiger partial charge in [0, 0.05) is 65.4 Å². The molecule has 6 nitrogen and oxygen atoms in total. The molecule has 0 bridgehead atoms. The van der Waals surface area contributed by atoms with E-state index in [9.17, 15) is 18.4 Å². The molecule has 2 aromatic carbocycles. The molecule has 0 radical (unpaired) electrons. The van der Waals surface area contributed by atoms with E-state index in [-0.39, 0.29) is 27.6 Å². The number of halogens is 4. The Morgan fingerprint density at radius 1 is 1.17 bits per heavy atom. The van der Waals surface area contributed by atoms with E-state index < -0.39 is 17.3 Å². The molecule has 11 heteroatoms. The molecule has 0 spiro atoms. The lowest BCUT2D eigenvalue weighted by molar-refractivity contribution is -0.126. The normalized spacial score (nSPS) is 17.7. The zero-order chi connectivity index (χ0) is 25.0. The number of carbonyl (C=O) groups excluding carboxylic acids is 1. The van der Waals surface area contributed by atoms with Crippen molar-refractivity contribution in [2.75, 3.05) is 30.3 Å². The van der Waals surface area contributed by atoms with E-state index in [0.29, 0.717) is 59.1 Å². The zero-order valence-electron chi connectivity index (χ0n) is 18.7. The highest BCUT2D eigenvalue weighted by Crippen LogP contribution is 2.47. The average Bonchev–Trinajstić information content (AvgIpc) is 2.83. The highest BCUT2D eigenvalue weighted by atomic mass is 35.5. The molecule has 3 aromatic rings. The van der Waals surface area contributed by atoms with E-state index in [0.717, 1.165) is 6.07 Å². The van der Waals surface area contributed by atoms with Crippen molar-refractivity contribution in [2.45, 2.75) is 24.4 Å². The van der Waals surface area contributed by atoms with Crippen LogP contribution in [-0.2, 0) is 11.3 Å². The Morgan fingerprint density at radius 2 is 1.94 bits per heavy atom. The van der Waals surface area contributed by atoms with Gasteiger partial charge < -0.3 is 9.80 Å². The first-order valence-corrected chi connectivity index (χ1v) is 12.7. The van der Waals surface area contributed by atoms with Gasteiger partial charge >= 0.3 is 5.69 Å². The lowest BCUT2D eigenvalue weighted by Crippen LogP contribution is -2.54. The number of rotatable bonds is 3. The monoisotopic (exact) mass is 536 g/mol. The maximum absolute atomic E-state index is 14.9. The van der Waals surface area contributed by atoms with Gasteiger partial charge in [0.25, 0.3) is 0 Å². The topological polar surface area (TPSA) is 58.4 Å². The fraction of sp³-hybridized carbons (Fsp3) is 0.292. The quantitative estimate of drug-likeness (QED) is 0.349. The van der Waals surface area contributed by atoms with Gasteiger partial charge in [0.05, 0.1) is 15.6 Å². The van der Waals surface area contributed by atoms with E-state index in [2.05, 4.69) is 11.6 Å². The predicted octanol–water partition coefficient (Wildman–Crippen LogP) is 4.98. The first kappa shape index (κ1) is 24.1. The van der Waals surface area contributed by atoms with Gasteiger partial charge in [-0.1, -0.05) is 29.8 Å². The summed E-state index contributed by atoms with van der Waals surface area (Å²) in [6.07, 6.45) is 1.29. The molecule has 5 rings (SSSR count). The third kappa shape index (κ3) is 3.99. The van der Waals surface area contributed by atoms with Gasteiger partial charge in [0.2, 0.25) is 5.91 Å². The molecular formula is C24H20Cl2F2N4O2S. The lowest BCUT2D eigenvalue weighted by atomic mass is 10.0. The van der Waals surface area contributed by atoms with Crippen LogP contribution in [0.15, 0.2) is 40.5 Å². The maximum Gasteiger partial charge on any atom is 0.350 e. The van der Waals surface area contributed by atoms with E-state index in [1.807, 2.05) is 11.8 Å². The minimum absolute atomic E-state index is 0.0648. The van der Waals surface area contributed by atoms with Crippen LogP contribution in [0.3, 0.4) is 0 Å². The molecule has 182 valence electrons. The van der Waals surface area contributed by atoms with E-state index in [1.165, 1.54) is 23.9 Å². The number of thioether (sulfide) groups is 1. The van der Waals surface area contributed by atoms with Gasteiger partial charge in [-0.05, 0) is 25.1 Å². The molecule has 0 unspecified atom stereocenters. The standard InChI is InChI=1S/C24H20Cl2F2N4O2S/c1-3-19(33)30-4-5-31(12(2)11-30)23-14-9-16(26)20(13-8-15(25)18(28)10-17(13)27)22-21(14)32(6-7-35-22)24(34)29-23/h3,8-10,12H,1,4-7,11H2,2H3/t12-/m0/s1. The summed E-state index contributed by atoms with van der Waals surface area (Å²) in [4.78, 5) is 33.9. The summed E-state index contributed by atoms with van der Waals surface area (Å²) in [5.41, 5.74) is 0.613. The molecule has 35 heavy (non-hydrogen) atoms. The van der Waals surface area contributed by atoms with Crippen LogP contribution in [0, 0.1) is 11.6 Å². The fourth-order valence-electron chi connectivity index (χ4n) is 4.73. The molecule has 0 aliphatic carbocycles. The Kier molecular flexibility index (Phi) is 6.27. The number of aromatic nitrogens is 2. The second kappa shape index (κ2) is 9.11. The summed E-state index contributed by atoms with van der Waals surface area (Å²) in [6.45, 7) is 7.31. The summed E-state index contributed by atoms with van der Waals surface area (Å²) >= 11 is 14.1. The van der Waals surface area contributed by atoms with Gasteiger partial charge in [-0.25, -0.2) is 13.6 Å². The zero-order valence-corrected chi connectivity index (χ0v) is 21.0. The van der Waals surface area contributed by atoms with Crippen molar-refractivity contribution in [3.63, 3.8) is 0 Å². The number of anilines is 1. The molecule has 0 saturated carbocycles. The minimum Gasteiger partial charge on any atom is -0.350 e. The Bertz CT molecular complexity index is 1460. The van der Waals surface area contributed by atoms with Crippen LogP contribution < -0.4 is 10.6 Å². The van der Waals surface area contributed by atoms with Crippen LogP contribution in [0.4, 0.5) is 14.6 Å².